The van der Waals surface area contributed by atoms with Crippen LogP contribution in [0, 0.1) is 0 Å². The van der Waals surface area contributed by atoms with Crippen LogP contribution in [0.3, 0.4) is 0 Å². The molecule has 3 N–H and O–H groups in total. The quantitative estimate of drug-likeness (QED) is 0.580. The molecule has 0 saturated carbocycles. The first-order chi connectivity index (χ1) is 13.2. The molecule has 2 aromatic rings. The third kappa shape index (κ3) is 6.52. The number of benzene rings is 2. The van der Waals surface area contributed by atoms with Gasteiger partial charge in [0.1, 0.15) is 5.75 Å². The lowest BCUT2D eigenvalue weighted by Crippen LogP contribution is -2.03. The van der Waals surface area contributed by atoms with Gasteiger partial charge in [-0.2, -0.15) is 0 Å². The molecular weight excluding hydrogens is 332 g/mol. The average Bonchev–Trinajstić information content (AvgIpc) is 2.74. The van der Waals surface area contributed by atoms with Crippen molar-refractivity contribution in [2.24, 2.45) is 5.73 Å². The van der Waals surface area contributed by atoms with Crippen molar-refractivity contribution in [3.05, 3.63) is 72.0 Å². The Kier molecular flexibility index (Phi) is 8.50. The van der Waals surface area contributed by atoms with Gasteiger partial charge in [-0.3, -0.25) is 0 Å². The Bertz CT molecular complexity index is 743. The van der Waals surface area contributed by atoms with Gasteiger partial charge in [-0.15, -0.1) is 0 Å². The van der Waals surface area contributed by atoms with E-state index in [9.17, 15) is 0 Å². The molecule has 27 heavy (non-hydrogen) atoms. The molecule has 1 aliphatic carbocycles. The van der Waals surface area contributed by atoms with Gasteiger partial charge in [0.15, 0.2) is 0 Å². The van der Waals surface area contributed by atoms with Gasteiger partial charge in [0.2, 0.25) is 0 Å². The molecule has 2 aromatic carbocycles. The fourth-order valence-electron chi connectivity index (χ4n) is 2.97. The Morgan fingerprint density at radius 3 is 2.07 bits per heavy atom. The van der Waals surface area contributed by atoms with E-state index in [1.165, 1.54) is 16.7 Å². The van der Waals surface area contributed by atoms with Crippen molar-refractivity contribution in [3.63, 3.8) is 0 Å². The minimum Gasteiger partial charge on any atom is -0.494 e. The maximum atomic E-state index is 5.87. The van der Waals surface area contributed by atoms with E-state index in [0.29, 0.717) is 0 Å². The van der Waals surface area contributed by atoms with E-state index in [1.807, 2.05) is 39.1 Å². The van der Waals surface area contributed by atoms with Crippen LogP contribution in [0.2, 0.25) is 0 Å². The predicted octanol–water partition coefficient (Wildman–Crippen LogP) is 6.14. The van der Waals surface area contributed by atoms with E-state index in [-0.39, 0.29) is 0 Å². The number of nitrogens with one attached hydrogen (secondary N) is 1. The molecule has 0 unspecified atom stereocenters. The van der Waals surface area contributed by atoms with Crippen molar-refractivity contribution in [2.75, 3.05) is 19.0 Å². The van der Waals surface area contributed by atoms with Gasteiger partial charge in [-0.1, -0.05) is 49.8 Å². The van der Waals surface area contributed by atoms with Crippen molar-refractivity contribution >= 4 is 5.69 Å². The molecule has 3 nitrogen and oxygen atoms in total. The van der Waals surface area contributed by atoms with Gasteiger partial charge >= 0.3 is 0 Å². The zero-order valence-corrected chi connectivity index (χ0v) is 16.8. The molecule has 0 atom stereocenters. The minimum atomic E-state index is 0.743. The smallest absolute Gasteiger partial charge is 0.119 e. The van der Waals surface area contributed by atoms with E-state index < -0.39 is 0 Å². The van der Waals surface area contributed by atoms with Crippen molar-refractivity contribution in [1.29, 1.82) is 0 Å². The number of allylic oxidation sites excluding steroid dienone is 4. The van der Waals surface area contributed by atoms with Gasteiger partial charge in [-0.25, -0.2) is 0 Å². The van der Waals surface area contributed by atoms with Gasteiger partial charge in [-0.05, 0) is 67.2 Å². The largest absolute Gasteiger partial charge is 0.494 e. The molecule has 0 saturated heterocycles. The van der Waals surface area contributed by atoms with Crippen LogP contribution in [-0.2, 0) is 0 Å². The summed E-state index contributed by atoms with van der Waals surface area (Å²) in [4.78, 5) is 0. The maximum absolute atomic E-state index is 5.87. The highest BCUT2D eigenvalue weighted by molar-refractivity contribution is 5.66. The first-order valence-corrected chi connectivity index (χ1v) is 9.90. The van der Waals surface area contributed by atoms with Gasteiger partial charge < -0.3 is 15.8 Å². The van der Waals surface area contributed by atoms with Crippen LogP contribution in [0.4, 0.5) is 5.69 Å². The van der Waals surface area contributed by atoms with Crippen LogP contribution in [0.5, 0.6) is 5.75 Å². The number of hydrogen-bond donors (Lipinski definition) is 2. The monoisotopic (exact) mass is 364 g/mol. The fraction of sp³-hybridized carbons (Fsp3) is 0.333. The Hall–Kier alpha value is -2.68. The van der Waals surface area contributed by atoms with Crippen LogP contribution in [0.15, 0.2) is 72.0 Å². The van der Waals surface area contributed by atoms with Crippen molar-refractivity contribution in [3.8, 4) is 16.9 Å². The van der Waals surface area contributed by atoms with Crippen LogP contribution in [0.1, 0.15) is 39.5 Å². The van der Waals surface area contributed by atoms with E-state index in [0.717, 1.165) is 49.4 Å². The molecule has 0 bridgehead atoms. The van der Waals surface area contributed by atoms with Gasteiger partial charge in [0, 0.05) is 18.4 Å². The second kappa shape index (κ2) is 11.1. The SMILES string of the molecule is CC.CNc1ccc(-c2ccc(OCCCC3=CC=C(N)CC3)cc2)cc1. The first kappa shape index (κ1) is 20.6. The molecule has 0 fully saturated rings. The highest BCUT2D eigenvalue weighted by atomic mass is 16.5. The van der Waals surface area contributed by atoms with Gasteiger partial charge in [0.25, 0.3) is 0 Å². The summed E-state index contributed by atoms with van der Waals surface area (Å²) in [5.74, 6) is 0.928. The number of rotatable bonds is 7. The summed E-state index contributed by atoms with van der Waals surface area (Å²) >= 11 is 0. The summed E-state index contributed by atoms with van der Waals surface area (Å²) in [6, 6.07) is 16.7. The van der Waals surface area contributed by atoms with Crippen LogP contribution in [-0.4, -0.2) is 13.7 Å². The lowest BCUT2D eigenvalue weighted by molar-refractivity contribution is 0.310. The topological polar surface area (TPSA) is 47.3 Å². The number of anilines is 1. The van der Waals surface area contributed by atoms with E-state index in [4.69, 9.17) is 10.5 Å². The normalized spacial score (nSPS) is 13.0. The van der Waals surface area contributed by atoms with Gasteiger partial charge in [0.05, 0.1) is 6.61 Å². The molecule has 3 heteroatoms. The second-order valence-electron chi connectivity index (χ2n) is 6.37. The Morgan fingerprint density at radius 1 is 0.889 bits per heavy atom. The summed E-state index contributed by atoms with van der Waals surface area (Å²) in [6.45, 7) is 4.74. The fourth-order valence-corrected chi connectivity index (χ4v) is 2.97. The highest BCUT2D eigenvalue weighted by Crippen LogP contribution is 2.24. The molecule has 144 valence electrons. The summed E-state index contributed by atoms with van der Waals surface area (Å²) in [6.07, 6.45) is 8.38. The van der Waals surface area contributed by atoms with E-state index >= 15 is 0 Å². The van der Waals surface area contributed by atoms with E-state index in [1.54, 1.807) is 0 Å². The van der Waals surface area contributed by atoms with E-state index in [2.05, 4.69) is 47.8 Å². The molecule has 0 amide bonds. The predicted molar refractivity (Wildman–Crippen MR) is 117 cm³/mol. The maximum Gasteiger partial charge on any atom is 0.119 e. The highest BCUT2D eigenvalue weighted by Gasteiger charge is 2.04. The number of nitrogens with two attached hydrogens (primary N) is 1. The molecular formula is C24H32N2O. The second-order valence-corrected chi connectivity index (χ2v) is 6.37. The molecule has 1 aliphatic rings. The zero-order valence-electron chi connectivity index (χ0n) is 16.8. The lowest BCUT2D eigenvalue weighted by Gasteiger charge is -2.12. The number of hydrogen-bond acceptors (Lipinski definition) is 3. The molecule has 3 rings (SSSR count). The van der Waals surface area contributed by atoms with Crippen molar-refractivity contribution in [1.82, 2.24) is 0 Å². The standard InChI is InChI=1S/C22H26N2O.C2H6/c1-24-21-12-6-18(7-13-21)19-8-14-22(15-9-19)25-16-2-3-17-4-10-20(23)11-5-17;1-2/h4,6-10,12-15,24H,2-3,5,11,16,23H2,1H3;1-2H3. The molecule has 0 aliphatic heterocycles. The number of ether oxygens (including phenoxy) is 1. The summed E-state index contributed by atoms with van der Waals surface area (Å²) in [5.41, 5.74) is 11.8. The van der Waals surface area contributed by atoms with Crippen LogP contribution >= 0.6 is 0 Å². The Labute approximate surface area is 163 Å². The molecule has 0 heterocycles. The summed E-state index contributed by atoms with van der Waals surface area (Å²) < 4.78 is 5.87. The lowest BCUT2D eigenvalue weighted by atomic mass is 9.99. The summed E-state index contributed by atoms with van der Waals surface area (Å²) in [7, 11) is 1.93. The van der Waals surface area contributed by atoms with Crippen LogP contribution < -0.4 is 15.8 Å². The minimum absolute atomic E-state index is 0.743. The van der Waals surface area contributed by atoms with Crippen molar-refractivity contribution < 1.29 is 4.74 Å². The molecule has 0 spiro atoms. The zero-order chi connectivity index (χ0) is 19.5. The Balaban J connectivity index is 0.00000126. The Morgan fingerprint density at radius 2 is 1.52 bits per heavy atom. The van der Waals surface area contributed by atoms with Crippen molar-refractivity contribution in [2.45, 2.75) is 39.5 Å². The third-order valence-corrected chi connectivity index (χ3v) is 4.54. The average molecular weight is 365 g/mol. The summed E-state index contributed by atoms with van der Waals surface area (Å²) in [5, 5.41) is 3.14. The molecule has 0 radical (unpaired) electrons. The van der Waals surface area contributed by atoms with Crippen LogP contribution in [0.25, 0.3) is 11.1 Å². The molecule has 0 aromatic heterocycles. The third-order valence-electron chi connectivity index (χ3n) is 4.54. The first-order valence-electron chi connectivity index (χ1n) is 9.90.